The van der Waals surface area contributed by atoms with Crippen molar-refractivity contribution in [2.45, 2.75) is 31.7 Å². The van der Waals surface area contributed by atoms with E-state index in [0.29, 0.717) is 5.56 Å². The average Bonchev–Trinajstić information content (AvgIpc) is 2.57. The number of halogens is 1. The van der Waals surface area contributed by atoms with Gasteiger partial charge in [-0.2, -0.15) is 4.31 Å². The number of hydrogen-bond acceptors (Lipinski definition) is 3. The minimum absolute atomic E-state index is 0.194. The summed E-state index contributed by atoms with van der Waals surface area (Å²) in [6, 6.07) is 10.6. The lowest BCUT2D eigenvalue weighted by Crippen LogP contribution is -2.39. The Bertz CT molecular complexity index is 896. The SMILES string of the molecule is Cc1ccc(C)c(S(=O)(=O)N(C)CC(=O)NC(C)c2ccc(F)cc2)c1. The van der Waals surface area contributed by atoms with E-state index in [1.54, 1.807) is 38.1 Å². The van der Waals surface area contributed by atoms with Gasteiger partial charge in [0.2, 0.25) is 15.9 Å². The summed E-state index contributed by atoms with van der Waals surface area (Å²) in [4.78, 5) is 12.4. The zero-order valence-corrected chi connectivity index (χ0v) is 16.1. The number of likely N-dealkylation sites (N-methyl/N-ethyl adjacent to an activating group) is 1. The molecule has 26 heavy (non-hydrogen) atoms. The average molecular weight is 378 g/mol. The van der Waals surface area contributed by atoms with Gasteiger partial charge in [-0.05, 0) is 55.7 Å². The summed E-state index contributed by atoms with van der Waals surface area (Å²) >= 11 is 0. The van der Waals surface area contributed by atoms with Crippen LogP contribution in [0.4, 0.5) is 4.39 Å². The smallest absolute Gasteiger partial charge is 0.243 e. The quantitative estimate of drug-likeness (QED) is 0.840. The molecule has 0 aliphatic carbocycles. The molecule has 0 bridgehead atoms. The predicted octanol–water partition coefficient (Wildman–Crippen LogP) is 2.94. The molecule has 2 rings (SSSR count). The third kappa shape index (κ3) is 4.68. The maximum Gasteiger partial charge on any atom is 0.243 e. The van der Waals surface area contributed by atoms with Gasteiger partial charge in [0.1, 0.15) is 5.82 Å². The fourth-order valence-electron chi connectivity index (χ4n) is 2.56. The van der Waals surface area contributed by atoms with Crippen molar-refractivity contribution in [3.8, 4) is 0 Å². The zero-order valence-electron chi connectivity index (χ0n) is 15.3. The lowest BCUT2D eigenvalue weighted by molar-refractivity contribution is -0.121. The molecule has 1 N–H and O–H groups in total. The molecule has 0 radical (unpaired) electrons. The third-order valence-electron chi connectivity index (χ3n) is 4.15. The second kappa shape index (κ2) is 7.97. The minimum Gasteiger partial charge on any atom is -0.348 e. The highest BCUT2D eigenvalue weighted by molar-refractivity contribution is 7.89. The minimum atomic E-state index is -3.77. The van der Waals surface area contributed by atoms with Crippen molar-refractivity contribution in [3.05, 3.63) is 65.0 Å². The lowest BCUT2D eigenvalue weighted by Gasteiger charge is -2.20. The van der Waals surface area contributed by atoms with Gasteiger partial charge in [0.05, 0.1) is 17.5 Å². The van der Waals surface area contributed by atoms with Crippen LogP contribution in [0.5, 0.6) is 0 Å². The van der Waals surface area contributed by atoms with Crippen LogP contribution in [-0.4, -0.2) is 32.2 Å². The zero-order chi connectivity index (χ0) is 19.5. The summed E-state index contributed by atoms with van der Waals surface area (Å²) in [6.45, 7) is 4.98. The van der Waals surface area contributed by atoms with Gasteiger partial charge in [-0.25, -0.2) is 12.8 Å². The first-order valence-corrected chi connectivity index (χ1v) is 9.63. The molecule has 0 spiro atoms. The molecule has 2 aromatic rings. The molecule has 5 nitrogen and oxygen atoms in total. The molecule has 140 valence electrons. The molecular weight excluding hydrogens is 355 g/mol. The summed E-state index contributed by atoms with van der Waals surface area (Å²) in [5.74, 6) is -0.787. The van der Waals surface area contributed by atoms with Crippen molar-refractivity contribution in [3.63, 3.8) is 0 Å². The number of amides is 1. The summed E-state index contributed by atoms with van der Waals surface area (Å²) in [5, 5.41) is 2.73. The van der Waals surface area contributed by atoms with Crippen molar-refractivity contribution >= 4 is 15.9 Å². The van der Waals surface area contributed by atoms with Gasteiger partial charge in [0, 0.05) is 7.05 Å². The number of nitrogens with zero attached hydrogens (tertiary/aromatic N) is 1. The monoisotopic (exact) mass is 378 g/mol. The Balaban J connectivity index is 2.08. The number of carbonyl (C=O) groups is 1. The van der Waals surface area contributed by atoms with Crippen LogP contribution in [0.2, 0.25) is 0 Å². The maximum absolute atomic E-state index is 13.0. The maximum atomic E-state index is 13.0. The van der Waals surface area contributed by atoms with Crippen molar-refractivity contribution in [1.29, 1.82) is 0 Å². The van der Waals surface area contributed by atoms with Gasteiger partial charge in [0.25, 0.3) is 0 Å². The van der Waals surface area contributed by atoms with Gasteiger partial charge in [-0.15, -0.1) is 0 Å². The summed E-state index contributed by atoms with van der Waals surface area (Å²) in [7, 11) is -2.40. The number of aryl methyl sites for hydroxylation is 2. The molecule has 0 saturated carbocycles. The van der Waals surface area contributed by atoms with Crippen LogP contribution in [0.3, 0.4) is 0 Å². The Labute approximate surface area is 153 Å². The van der Waals surface area contributed by atoms with E-state index < -0.39 is 15.9 Å². The Morgan fingerprint density at radius 3 is 2.38 bits per heavy atom. The van der Waals surface area contributed by atoms with Crippen LogP contribution in [0.15, 0.2) is 47.4 Å². The number of benzene rings is 2. The molecule has 2 aromatic carbocycles. The van der Waals surface area contributed by atoms with Crippen LogP contribution in [-0.2, 0) is 14.8 Å². The summed E-state index contributed by atoms with van der Waals surface area (Å²) < 4.78 is 39.5. The van der Waals surface area contributed by atoms with Crippen molar-refractivity contribution in [1.82, 2.24) is 9.62 Å². The van der Waals surface area contributed by atoms with E-state index in [9.17, 15) is 17.6 Å². The van der Waals surface area contributed by atoms with E-state index in [1.165, 1.54) is 19.2 Å². The summed E-state index contributed by atoms with van der Waals surface area (Å²) in [5.41, 5.74) is 2.19. The van der Waals surface area contributed by atoms with Gasteiger partial charge in [-0.3, -0.25) is 4.79 Å². The predicted molar refractivity (Wildman–Crippen MR) is 98.7 cm³/mol. The number of rotatable bonds is 6. The van der Waals surface area contributed by atoms with Crippen LogP contribution in [0.25, 0.3) is 0 Å². The number of sulfonamides is 1. The molecule has 0 saturated heterocycles. The first kappa shape index (κ1) is 20.1. The molecule has 0 heterocycles. The summed E-state index contributed by atoms with van der Waals surface area (Å²) in [6.07, 6.45) is 0. The largest absolute Gasteiger partial charge is 0.348 e. The number of hydrogen-bond donors (Lipinski definition) is 1. The van der Waals surface area contributed by atoms with E-state index >= 15 is 0 Å². The Morgan fingerprint density at radius 2 is 1.77 bits per heavy atom. The number of nitrogens with one attached hydrogen (secondary N) is 1. The highest BCUT2D eigenvalue weighted by Crippen LogP contribution is 2.20. The Hall–Kier alpha value is -2.25. The van der Waals surface area contributed by atoms with E-state index in [-0.39, 0.29) is 23.3 Å². The van der Waals surface area contributed by atoms with Crippen molar-refractivity contribution in [2.75, 3.05) is 13.6 Å². The fraction of sp³-hybridized carbons (Fsp3) is 0.316. The highest BCUT2D eigenvalue weighted by atomic mass is 32.2. The molecule has 1 atom stereocenters. The van der Waals surface area contributed by atoms with Gasteiger partial charge in [0.15, 0.2) is 0 Å². The van der Waals surface area contributed by atoms with Gasteiger partial charge >= 0.3 is 0 Å². The van der Waals surface area contributed by atoms with Crippen LogP contribution < -0.4 is 5.32 Å². The molecule has 7 heteroatoms. The first-order valence-electron chi connectivity index (χ1n) is 8.19. The Kier molecular flexibility index (Phi) is 6.15. The van der Waals surface area contributed by atoms with Crippen molar-refractivity contribution in [2.24, 2.45) is 0 Å². The molecule has 0 aliphatic rings. The molecular formula is C19H23FN2O3S. The molecule has 0 fully saturated rings. The lowest BCUT2D eigenvalue weighted by atomic mass is 10.1. The normalized spacial score (nSPS) is 12.8. The van der Waals surface area contributed by atoms with Crippen LogP contribution in [0.1, 0.15) is 29.7 Å². The van der Waals surface area contributed by atoms with Crippen LogP contribution in [0, 0.1) is 19.7 Å². The van der Waals surface area contributed by atoms with Crippen molar-refractivity contribution < 1.29 is 17.6 Å². The van der Waals surface area contributed by atoms with E-state index in [4.69, 9.17) is 0 Å². The van der Waals surface area contributed by atoms with E-state index in [2.05, 4.69) is 5.32 Å². The van der Waals surface area contributed by atoms with Gasteiger partial charge < -0.3 is 5.32 Å². The molecule has 0 aliphatic heterocycles. The second-order valence-corrected chi connectivity index (χ2v) is 8.38. The van der Waals surface area contributed by atoms with E-state index in [1.807, 2.05) is 13.0 Å². The van der Waals surface area contributed by atoms with Gasteiger partial charge in [-0.1, -0.05) is 24.3 Å². The molecule has 1 unspecified atom stereocenters. The number of carbonyl (C=O) groups excluding carboxylic acids is 1. The first-order chi connectivity index (χ1) is 12.1. The third-order valence-corrected chi connectivity index (χ3v) is 6.09. The second-order valence-electron chi connectivity index (χ2n) is 6.37. The highest BCUT2D eigenvalue weighted by Gasteiger charge is 2.25. The Morgan fingerprint density at radius 1 is 1.15 bits per heavy atom. The fourth-order valence-corrected chi connectivity index (χ4v) is 3.99. The molecule has 0 aromatic heterocycles. The standard InChI is InChI=1S/C19H23FN2O3S/c1-13-5-6-14(2)18(11-13)26(24,25)22(4)12-19(23)21-15(3)16-7-9-17(20)10-8-16/h5-11,15H,12H2,1-4H3,(H,21,23). The van der Waals surface area contributed by atoms with E-state index in [0.717, 1.165) is 15.4 Å². The topological polar surface area (TPSA) is 66.5 Å². The molecule has 1 amide bonds. The van der Waals surface area contributed by atoms with Crippen LogP contribution >= 0.6 is 0 Å².